The molecule has 0 radical (unpaired) electrons. The van der Waals surface area contributed by atoms with E-state index in [9.17, 15) is 0 Å². The fraction of sp³-hybridized carbons (Fsp3) is 0.143. The molecule has 0 aliphatic heterocycles. The quantitative estimate of drug-likeness (QED) is 0.191. The molecule has 0 aliphatic carbocycles. The molecule has 2 heterocycles. The first-order valence-electron chi connectivity index (χ1n) is 5.82. The first kappa shape index (κ1) is 25.1. The summed E-state index contributed by atoms with van der Waals surface area (Å²) in [5, 5.41) is 17.7. The molecule has 2 aromatic heterocycles. The molecule has 0 unspecified atom stereocenters. The smallest absolute Gasteiger partial charge is 0.264 e. The van der Waals surface area contributed by atoms with Crippen LogP contribution in [0, 0.1) is 34.8 Å². The van der Waals surface area contributed by atoms with E-state index in [0.29, 0.717) is 20.3 Å². The first-order chi connectivity index (χ1) is 11.4. The van der Waals surface area contributed by atoms with Crippen LogP contribution in [0.1, 0.15) is 11.4 Å². The molecule has 0 aliphatic rings. The molecule has 0 spiro atoms. The molecule has 11 heteroatoms. The Morgan fingerprint density at radius 1 is 0.880 bits per heavy atom. The van der Waals surface area contributed by atoms with Crippen LogP contribution in [0.25, 0.3) is 0 Å². The van der Waals surface area contributed by atoms with Crippen molar-refractivity contribution in [3.05, 3.63) is 42.8 Å². The van der Waals surface area contributed by atoms with Crippen molar-refractivity contribution in [2.75, 3.05) is 12.5 Å². The van der Waals surface area contributed by atoms with Gasteiger partial charge >= 0.3 is 19.5 Å². The SMILES string of the molecule is CSc1[c-]c(Cl)nc(C#N)c1Br.CSc1[c-]c(Cl)nc(C#N)c1Br.[Zn+2]. The number of aromatic nitrogens is 2. The maximum Gasteiger partial charge on any atom is 2.00 e. The van der Waals surface area contributed by atoms with Crippen molar-refractivity contribution >= 4 is 78.6 Å². The van der Waals surface area contributed by atoms with E-state index in [4.69, 9.17) is 33.7 Å². The average molecular weight is 590 g/mol. The van der Waals surface area contributed by atoms with Gasteiger partial charge in [-0.15, -0.1) is 9.79 Å². The summed E-state index contributed by atoms with van der Waals surface area (Å²) in [5.74, 6) is 0. The fourth-order valence-electron chi connectivity index (χ4n) is 1.29. The third-order valence-corrected chi connectivity index (χ3v) is 6.14. The van der Waals surface area contributed by atoms with Gasteiger partial charge in [0.1, 0.15) is 12.1 Å². The molecule has 0 fully saturated rings. The zero-order valence-corrected chi connectivity index (χ0v) is 22.1. The summed E-state index contributed by atoms with van der Waals surface area (Å²) in [6.07, 6.45) is 3.77. The van der Waals surface area contributed by atoms with Crippen LogP contribution >= 0.6 is 78.6 Å². The summed E-state index contributed by atoms with van der Waals surface area (Å²) in [6, 6.07) is 9.51. The molecule has 0 atom stereocenters. The molecule has 0 saturated carbocycles. The monoisotopic (exact) mass is 586 g/mol. The van der Waals surface area contributed by atoms with Crippen molar-refractivity contribution in [2.24, 2.45) is 0 Å². The van der Waals surface area contributed by atoms with E-state index in [1.807, 2.05) is 24.6 Å². The van der Waals surface area contributed by atoms with Crippen molar-refractivity contribution in [3.63, 3.8) is 0 Å². The van der Waals surface area contributed by atoms with E-state index in [1.165, 1.54) is 23.5 Å². The van der Waals surface area contributed by atoms with Gasteiger partial charge in [-0.3, -0.25) is 9.97 Å². The Balaban J connectivity index is 0.000000443. The minimum atomic E-state index is 0. The van der Waals surface area contributed by atoms with Crippen LogP contribution in [-0.4, -0.2) is 22.5 Å². The molecule has 0 N–H and O–H groups in total. The molecule has 124 valence electrons. The summed E-state index contributed by atoms with van der Waals surface area (Å²) >= 11 is 20.7. The van der Waals surface area contributed by atoms with Gasteiger partial charge in [-0.1, -0.05) is 32.1 Å². The third-order valence-electron chi connectivity index (χ3n) is 2.29. The molecular weight excluding hydrogens is 584 g/mol. The van der Waals surface area contributed by atoms with Gasteiger partial charge < -0.3 is 0 Å². The van der Waals surface area contributed by atoms with Crippen molar-refractivity contribution in [2.45, 2.75) is 9.79 Å². The van der Waals surface area contributed by atoms with Crippen LogP contribution in [0.3, 0.4) is 0 Å². The summed E-state index contributed by atoms with van der Waals surface area (Å²) in [4.78, 5) is 9.17. The Labute approximate surface area is 194 Å². The topological polar surface area (TPSA) is 73.4 Å². The van der Waals surface area contributed by atoms with E-state index in [1.54, 1.807) is 0 Å². The maximum absolute atomic E-state index is 8.64. The minimum Gasteiger partial charge on any atom is -0.264 e. The van der Waals surface area contributed by atoms with Gasteiger partial charge in [-0.05, 0) is 12.5 Å². The second kappa shape index (κ2) is 12.5. The van der Waals surface area contributed by atoms with Crippen LogP contribution in [0.4, 0.5) is 0 Å². The van der Waals surface area contributed by atoms with Crippen molar-refractivity contribution in [1.29, 1.82) is 10.5 Å². The minimum absolute atomic E-state index is 0. The van der Waals surface area contributed by atoms with Gasteiger partial charge in [0.2, 0.25) is 0 Å². The number of hydrogen-bond acceptors (Lipinski definition) is 6. The average Bonchev–Trinajstić information content (AvgIpc) is 2.58. The number of rotatable bonds is 2. The van der Waals surface area contributed by atoms with Crippen LogP contribution in [0.5, 0.6) is 0 Å². The molecule has 0 bridgehead atoms. The van der Waals surface area contributed by atoms with Gasteiger partial charge in [0.25, 0.3) is 0 Å². The number of nitrogens with zero attached hydrogens (tertiary/aromatic N) is 4. The van der Waals surface area contributed by atoms with E-state index < -0.39 is 0 Å². The van der Waals surface area contributed by atoms with E-state index >= 15 is 0 Å². The standard InChI is InChI=1S/2C7H3BrClN2S.Zn/c2*1-12-5-2-6(9)11-4(3-10)7(5)8;/h2*1H3;/q2*-1;+2. The molecule has 4 nitrogen and oxygen atoms in total. The summed E-state index contributed by atoms with van der Waals surface area (Å²) in [6.45, 7) is 0. The summed E-state index contributed by atoms with van der Waals surface area (Å²) < 4.78 is 1.31. The van der Waals surface area contributed by atoms with Gasteiger partial charge in [-0.2, -0.15) is 78.0 Å². The van der Waals surface area contributed by atoms with Crippen molar-refractivity contribution in [1.82, 2.24) is 9.97 Å². The van der Waals surface area contributed by atoms with Crippen molar-refractivity contribution < 1.29 is 19.5 Å². The second-order valence-electron chi connectivity index (χ2n) is 3.67. The fourth-order valence-corrected chi connectivity index (χ4v) is 4.24. The zero-order chi connectivity index (χ0) is 18.3. The second-order valence-corrected chi connectivity index (χ2v) is 7.61. The van der Waals surface area contributed by atoms with Gasteiger partial charge in [0, 0.05) is 10.3 Å². The predicted molar refractivity (Wildman–Crippen MR) is 105 cm³/mol. The Kier molecular flexibility index (Phi) is 12.6. The molecule has 25 heavy (non-hydrogen) atoms. The van der Waals surface area contributed by atoms with Crippen molar-refractivity contribution in [3.8, 4) is 12.1 Å². The predicted octanol–water partition coefficient (Wildman–Crippen LogP) is 5.78. The van der Waals surface area contributed by atoms with Crippen LogP contribution in [0.2, 0.25) is 10.3 Å². The molecule has 0 aromatic carbocycles. The largest absolute Gasteiger partial charge is 2.00 e. The maximum atomic E-state index is 8.64. The van der Waals surface area contributed by atoms with Crippen LogP contribution < -0.4 is 0 Å². The van der Waals surface area contributed by atoms with Gasteiger partial charge in [0.15, 0.2) is 0 Å². The normalized spacial score (nSPS) is 9.12. The first-order valence-corrected chi connectivity index (χ1v) is 10.6. The number of hydrogen-bond donors (Lipinski definition) is 0. The number of pyridine rings is 2. The Hall–Kier alpha value is 0.143. The van der Waals surface area contributed by atoms with E-state index in [2.05, 4.69) is 54.0 Å². The van der Waals surface area contributed by atoms with Gasteiger partial charge in [0.05, 0.1) is 11.4 Å². The molecule has 0 amide bonds. The number of nitriles is 2. The Bertz CT molecular complexity index is 772. The Morgan fingerprint density at radius 2 is 1.20 bits per heavy atom. The van der Waals surface area contributed by atoms with Gasteiger partial charge in [-0.25, -0.2) is 0 Å². The zero-order valence-electron chi connectivity index (χ0n) is 12.8. The van der Waals surface area contributed by atoms with E-state index in [0.717, 1.165) is 9.79 Å². The number of halogens is 4. The van der Waals surface area contributed by atoms with Crippen LogP contribution in [0.15, 0.2) is 18.7 Å². The molecular formula is C14H6Br2Cl2N4S2Zn. The number of thioether (sulfide) groups is 2. The molecule has 0 saturated heterocycles. The third kappa shape index (κ3) is 7.35. The van der Waals surface area contributed by atoms with Crippen LogP contribution in [-0.2, 0) is 19.5 Å². The summed E-state index contributed by atoms with van der Waals surface area (Å²) in [5.41, 5.74) is 0.589. The summed E-state index contributed by atoms with van der Waals surface area (Å²) in [7, 11) is 0. The Morgan fingerprint density at radius 3 is 1.44 bits per heavy atom. The molecule has 2 aromatic rings. The molecule has 2 rings (SSSR count). The van der Waals surface area contributed by atoms with E-state index in [-0.39, 0.29) is 29.8 Å².